The van der Waals surface area contributed by atoms with E-state index >= 15 is 0 Å². The normalized spacial score (nSPS) is 16.4. The second kappa shape index (κ2) is 5.41. The van der Waals surface area contributed by atoms with Gasteiger partial charge in [0.2, 0.25) is 0 Å². The Morgan fingerprint density at radius 1 is 1.17 bits per heavy atom. The number of hydrogen-bond donors (Lipinski definition) is 0. The molecule has 5 heteroatoms. The molecule has 3 aromatic rings. The summed E-state index contributed by atoms with van der Waals surface area (Å²) in [5.74, 6) is 2.72. The maximum absolute atomic E-state index is 5.38. The number of nitrogens with zero attached hydrogens (tertiary/aromatic N) is 4. The first-order valence-electron chi connectivity index (χ1n) is 8.21. The molecule has 4 rings (SSSR count). The molecule has 0 amide bonds. The maximum atomic E-state index is 5.38. The van der Waals surface area contributed by atoms with Crippen LogP contribution in [0.2, 0.25) is 0 Å². The summed E-state index contributed by atoms with van der Waals surface area (Å²) in [5.41, 5.74) is 3.28. The van der Waals surface area contributed by atoms with Crippen LogP contribution in [-0.2, 0) is 7.05 Å². The molecular formula is C18H22N4O. The summed E-state index contributed by atoms with van der Waals surface area (Å²) in [6.07, 6.45) is 4.14. The fraction of sp³-hybridized carbons (Fsp3) is 0.444. The van der Waals surface area contributed by atoms with Crippen molar-refractivity contribution < 1.29 is 4.74 Å². The van der Waals surface area contributed by atoms with Gasteiger partial charge >= 0.3 is 0 Å². The molecule has 0 atom stereocenters. The highest BCUT2D eigenvalue weighted by Crippen LogP contribution is 2.34. The van der Waals surface area contributed by atoms with E-state index in [0.29, 0.717) is 0 Å². The van der Waals surface area contributed by atoms with Crippen molar-refractivity contribution in [1.29, 1.82) is 0 Å². The lowest BCUT2D eigenvalue weighted by molar-refractivity contribution is 0.415. The summed E-state index contributed by atoms with van der Waals surface area (Å²) in [6.45, 7) is 4.46. The number of methoxy groups -OCH3 is 1. The topological polar surface area (TPSA) is 43.2 Å². The van der Waals surface area contributed by atoms with Gasteiger partial charge in [-0.3, -0.25) is 0 Å². The number of rotatable bonds is 2. The van der Waals surface area contributed by atoms with E-state index in [1.807, 2.05) is 6.07 Å². The summed E-state index contributed by atoms with van der Waals surface area (Å²) in [4.78, 5) is 11.6. The molecule has 120 valence electrons. The van der Waals surface area contributed by atoms with Gasteiger partial charge < -0.3 is 14.2 Å². The van der Waals surface area contributed by atoms with Crippen molar-refractivity contribution in [1.82, 2.24) is 14.5 Å². The van der Waals surface area contributed by atoms with Crippen LogP contribution in [0.4, 0.5) is 5.82 Å². The van der Waals surface area contributed by atoms with Gasteiger partial charge in [0.25, 0.3) is 0 Å². The quantitative estimate of drug-likeness (QED) is 0.728. The van der Waals surface area contributed by atoms with Crippen LogP contribution in [0.15, 0.2) is 24.5 Å². The van der Waals surface area contributed by atoms with E-state index in [9.17, 15) is 0 Å². The minimum Gasteiger partial charge on any atom is -0.497 e. The highest BCUT2D eigenvalue weighted by Gasteiger charge is 2.22. The molecule has 3 heterocycles. The summed E-state index contributed by atoms with van der Waals surface area (Å²) < 4.78 is 7.58. The molecule has 5 nitrogen and oxygen atoms in total. The number of anilines is 1. The maximum Gasteiger partial charge on any atom is 0.156 e. The highest BCUT2D eigenvalue weighted by atomic mass is 16.5. The molecule has 0 N–H and O–H groups in total. The van der Waals surface area contributed by atoms with Crippen molar-refractivity contribution in [2.45, 2.75) is 19.8 Å². The number of piperidine rings is 1. The average Bonchev–Trinajstić information content (AvgIpc) is 2.88. The van der Waals surface area contributed by atoms with Gasteiger partial charge in [0.1, 0.15) is 23.1 Å². The van der Waals surface area contributed by atoms with Gasteiger partial charge in [-0.05, 0) is 37.0 Å². The van der Waals surface area contributed by atoms with Crippen LogP contribution in [0.25, 0.3) is 21.9 Å². The molecule has 0 bridgehead atoms. The molecule has 1 aromatic carbocycles. The minimum atomic E-state index is 0.806. The zero-order valence-electron chi connectivity index (χ0n) is 13.9. The summed E-state index contributed by atoms with van der Waals surface area (Å²) in [5, 5.41) is 1.12. The number of ether oxygens (including phenoxy) is 1. The lowest BCUT2D eigenvalue weighted by Gasteiger charge is -2.31. The number of benzene rings is 1. The Balaban J connectivity index is 1.93. The molecule has 23 heavy (non-hydrogen) atoms. The monoisotopic (exact) mass is 310 g/mol. The first-order chi connectivity index (χ1) is 11.2. The Hall–Kier alpha value is -2.30. The molecule has 0 spiro atoms. The second-order valence-electron chi connectivity index (χ2n) is 6.51. The first-order valence-corrected chi connectivity index (χ1v) is 8.21. The fourth-order valence-electron chi connectivity index (χ4n) is 3.57. The third-order valence-electron chi connectivity index (χ3n) is 5.04. The van der Waals surface area contributed by atoms with Crippen molar-refractivity contribution in [3.63, 3.8) is 0 Å². The molecule has 1 aliphatic heterocycles. The predicted octanol–water partition coefficient (Wildman–Crippen LogP) is 3.37. The number of aryl methyl sites for hydroxylation is 1. The lowest BCUT2D eigenvalue weighted by Crippen LogP contribution is -2.33. The zero-order valence-corrected chi connectivity index (χ0v) is 13.9. The van der Waals surface area contributed by atoms with E-state index < -0.39 is 0 Å². The summed E-state index contributed by atoms with van der Waals surface area (Å²) >= 11 is 0. The Morgan fingerprint density at radius 3 is 2.70 bits per heavy atom. The largest absolute Gasteiger partial charge is 0.497 e. The van der Waals surface area contributed by atoms with E-state index in [2.05, 4.69) is 45.5 Å². The molecule has 0 saturated carbocycles. The van der Waals surface area contributed by atoms with E-state index in [-0.39, 0.29) is 0 Å². The van der Waals surface area contributed by atoms with Gasteiger partial charge in [-0.15, -0.1) is 0 Å². The van der Waals surface area contributed by atoms with Gasteiger partial charge in [-0.1, -0.05) is 6.92 Å². The Labute approximate surface area is 135 Å². The third-order valence-corrected chi connectivity index (χ3v) is 5.04. The molecule has 0 radical (unpaired) electrons. The van der Waals surface area contributed by atoms with Gasteiger partial charge in [0.15, 0.2) is 5.82 Å². The van der Waals surface area contributed by atoms with Crippen LogP contribution < -0.4 is 9.64 Å². The minimum absolute atomic E-state index is 0.806. The van der Waals surface area contributed by atoms with Crippen molar-refractivity contribution in [2.75, 3.05) is 25.1 Å². The van der Waals surface area contributed by atoms with Crippen LogP contribution in [0.5, 0.6) is 5.75 Å². The van der Waals surface area contributed by atoms with Crippen molar-refractivity contribution in [3.05, 3.63) is 24.5 Å². The smallest absolute Gasteiger partial charge is 0.156 e. The van der Waals surface area contributed by atoms with Gasteiger partial charge in [0, 0.05) is 25.5 Å². The molecule has 0 unspecified atom stereocenters. The number of hydrogen-bond acceptors (Lipinski definition) is 4. The van der Waals surface area contributed by atoms with Crippen LogP contribution in [-0.4, -0.2) is 34.7 Å². The predicted molar refractivity (Wildman–Crippen MR) is 93.2 cm³/mol. The molecule has 1 saturated heterocycles. The van der Waals surface area contributed by atoms with Gasteiger partial charge in [-0.25, -0.2) is 9.97 Å². The van der Waals surface area contributed by atoms with Gasteiger partial charge in [-0.2, -0.15) is 0 Å². The van der Waals surface area contributed by atoms with Crippen LogP contribution in [0.1, 0.15) is 19.8 Å². The standard InChI is InChI=1S/C18H22N4O/c1-12-6-8-22(9-7-12)18-17-16(19-11-20-18)14-10-13(23-3)4-5-15(14)21(17)2/h4-5,10-12H,6-9H2,1-3H3. The first kappa shape index (κ1) is 14.3. The Kier molecular flexibility index (Phi) is 3.36. The van der Waals surface area contributed by atoms with E-state index in [1.165, 1.54) is 12.8 Å². The zero-order chi connectivity index (χ0) is 16.0. The van der Waals surface area contributed by atoms with Crippen LogP contribution >= 0.6 is 0 Å². The van der Waals surface area contributed by atoms with Crippen LogP contribution in [0.3, 0.4) is 0 Å². The van der Waals surface area contributed by atoms with Gasteiger partial charge in [0.05, 0.1) is 12.6 Å². The second-order valence-corrected chi connectivity index (χ2v) is 6.51. The average molecular weight is 310 g/mol. The fourth-order valence-corrected chi connectivity index (χ4v) is 3.57. The van der Waals surface area contributed by atoms with Crippen molar-refractivity contribution in [3.8, 4) is 5.75 Å². The Morgan fingerprint density at radius 2 is 1.96 bits per heavy atom. The van der Waals surface area contributed by atoms with Crippen LogP contribution in [0, 0.1) is 5.92 Å². The Bertz CT molecular complexity index is 862. The van der Waals surface area contributed by atoms with Crippen molar-refractivity contribution in [2.24, 2.45) is 13.0 Å². The van der Waals surface area contributed by atoms with Crippen molar-refractivity contribution >= 4 is 27.8 Å². The van der Waals surface area contributed by atoms with E-state index in [1.54, 1.807) is 13.4 Å². The molecule has 2 aromatic heterocycles. The number of aromatic nitrogens is 3. The molecular weight excluding hydrogens is 288 g/mol. The van der Waals surface area contributed by atoms with E-state index in [0.717, 1.165) is 52.5 Å². The third kappa shape index (κ3) is 2.22. The highest BCUT2D eigenvalue weighted by molar-refractivity contribution is 6.09. The SMILES string of the molecule is COc1ccc2c(c1)c1ncnc(N3CCC(C)CC3)c1n2C. The molecule has 0 aliphatic carbocycles. The van der Waals surface area contributed by atoms with E-state index in [4.69, 9.17) is 4.74 Å². The molecule has 1 fully saturated rings. The molecule has 1 aliphatic rings. The summed E-state index contributed by atoms with van der Waals surface area (Å²) in [7, 11) is 3.79. The number of fused-ring (bicyclic) bond motifs is 3. The lowest BCUT2D eigenvalue weighted by atomic mass is 9.99. The summed E-state index contributed by atoms with van der Waals surface area (Å²) in [6, 6.07) is 6.15.